The van der Waals surface area contributed by atoms with E-state index >= 15 is 0 Å². The fraction of sp³-hybridized carbons (Fsp3) is 0.111. The van der Waals surface area contributed by atoms with Crippen molar-refractivity contribution in [2.45, 2.75) is 6.54 Å². The molecule has 0 aliphatic carbocycles. The minimum Gasteiger partial charge on any atom is -0.481 e. The molecule has 2 heterocycles. The summed E-state index contributed by atoms with van der Waals surface area (Å²) in [5, 5.41) is 10.8. The van der Waals surface area contributed by atoms with Crippen LogP contribution in [-0.4, -0.2) is 40.4 Å². The maximum Gasteiger partial charge on any atom is 0.341 e. The first-order valence-electron chi connectivity index (χ1n) is 7.90. The van der Waals surface area contributed by atoms with Crippen molar-refractivity contribution < 1.29 is 33.4 Å². The molecule has 1 fully saturated rings. The van der Waals surface area contributed by atoms with Crippen molar-refractivity contribution >= 4 is 52.5 Å². The van der Waals surface area contributed by atoms with E-state index in [2.05, 4.69) is 5.32 Å². The van der Waals surface area contributed by atoms with Crippen LogP contribution in [0.25, 0.3) is 6.08 Å². The highest BCUT2D eigenvalue weighted by molar-refractivity contribution is 14.1. The first-order valence-corrected chi connectivity index (χ1v) is 8.98. The van der Waals surface area contributed by atoms with Crippen molar-refractivity contribution in [1.82, 2.24) is 10.2 Å². The maximum absolute atomic E-state index is 12.6. The number of furan rings is 1. The predicted molar refractivity (Wildman–Crippen MR) is 103 cm³/mol. The van der Waals surface area contributed by atoms with Crippen molar-refractivity contribution in [2.75, 3.05) is 6.61 Å². The van der Waals surface area contributed by atoms with E-state index in [1.807, 2.05) is 22.6 Å². The van der Waals surface area contributed by atoms with E-state index in [0.29, 0.717) is 20.6 Å². The normalized spacial score (nSPS) is 15.7. The van der Waals surface area contributed by atoms with Gasteiger partial charge in [0.1, 0.15) is 17.1 Å². The zero-order valence-electron chi connectivity index (χ0n) is 14.2. The Labute approximate surface area is 172 Å². The number of rotatable bonds is 6. The van der Waals surface area contributed by atoms with Crippen LogP contribution in [0.4, 0.5) is 4.79 Å². The van der Waals surface area contributed by atoms with Crippen LogP contribution in [-0.2, 0) is 20.9 Å². The zero-order chi connectivity index (χ0) is 20.3. The molecule has 0 radical (unpaired) electrons. The third kappa shape index (κ3) is 4.39. The van der Waals surface area contributed by atoms with Gasteiger partial charge < -0.3 is 14.3 Å². The van der Waals surface area contributed by atoms with Gasteiger partial charge in [-0.1, -0.05) is 6.07 Å². The van der Waals surface area contributed by atoms with E-state index < -0.39 is 30.4 Å². The second-order valence-corrected chi connectivity index (χ2v) is 6.82. The Hall–Kier alpha value is -3.15. The number of barbiturate groups is 1. The summed E-state index contributed by atoms with van der Waals surface area (Å²) in [6.07, 6.45) is 2.77. The summed E-state index contributed by atoms with van der Waals surface area (Å²) in [6.45, 7) is -0.594. The highest BCUT2D eigenvalue weighted by Crippen LogP contribution is 2.24. The van der Waals surface area contributed by atoms with Crippen molar-refractivity contribution in [2.24, 2.45) is 0 Å². The van der Waals surface area contributed by atoms with Gasteiger partial charge in [-0.3, -0.25) is 19.8 Å². The third-order valence-corrected chi connectivity index (χ3v) is 4.54. The monoisotopic (exact) mass is 496 g/mol. The summed E-state index contributed by atoms with van der Waals surface area (Å²) in [5.74, 6) is -1.89. The van der Waals surface area contributed by atoms with Gasteiger partial charge in [-0.25, -0.2) is 9.59 Å². The number of benzene rings is 1. The van der Waals surface area contributed by atoms with Crippen LogP contribution < -0.4 is 10.1 Å². The first kappa shape index (κ1) is 19.6. The van der Waals surface area contributed by atoms with Crippen molar-refractivity contribution in [1.29, 1.82) is 0 Å². The van der Waals surface area contributed by atoms with Crippen molar-refractivity contribution in [3.63, 3.8) is 0 Å². The molecule has 10 heteroatoms. The second-order valence-electron chi connectivity index (χ2n) is 5.66. The van der Waals surface area contributed by atoms with Crippen LogP contribution in [0.2, 0.25) is 0 Å². The fourth-order valence-electron chi connectivity index (χ4n) is 2.43. The fourth-order valence-corrected chi connectivity index (χ4v) is 3.12. The molecule has 2 N–H and O–H groups in total. The molecule has 0 atom stereocenters. The standard InChI is InChI=1S/C18H13IN2O7/c19-13-7-10(3-4-14(13)28-9-15(22)23)6-12-16(24)20-18(26)21(17(12)25)8-11-2-1-5-27-11/h1-7H,8-9H2,(H,22,23)(H,20,24,26)/b12-6+. The Balaban J connectivity index is 1.84. The van der Waals surface area contributed by atoms with Crippen LogP contribution >= 0.6 is 22.6 Å². The molecule has 4 amide bonds. The number of hydrogen-bond donors (Lipinski definition) is 2. The van der Waals surface area contributed by atoms with E-state index in [4.69, 9.17) is 14.3 Å². The van der Waals surface area contributed by atoms with Gasteiger partial charge in [0.2, 0.25) is 0 Å². The van der Waals surface area contributed by atoms with Gasteiger partial charge in [0.15, 0.2) is 6.61 Å². The van der Waals surface area contributed by atoms with Crippen molar-refractivity contribution in [3.8, 4) is 5.75 Å². The lowest BCUT2D eigenvalue weighted by atomic mass is 10.1. The third-order valence-electron chi connectivity index (χ3n) is 3.70. The number of amides is 4. The number of carboxylic acid groups (broad SMARTS) is 1. The van der Waals surface area contributed by atoms with Crippen LogP contribution in [0.3, 0.4) is 0 Å². The Bertz CT molecular complexity index is 982. The van der Waals surface area contributed by atoms with Gasteiger partial charge in [-0.05, 0) is 58.5 Å². The molecule has 0 spiro atoms. The lowest BCUT2D eigenvalue weighted by molar-refractivity contribution is -0.139. The van der Waals surface area contributed by atoms with E-state index in [-0.39, 0.29) is 12.1 Å². The number of urea groups is 1. The van der Waals surface area contributed by atoms with E-state index in [0.717, 1.165) is 4.90 Å². The molecular formula is C18H13IN2O7. The van der Waals surface area contributed by atoms with E-state index in [1.54, 1.807) is 24.3 Å². The van der Waals surface area contributed by atoms with Crippen LogP contribution in [0.5, 0.6) is 5.75 Å². The molecule has 144 valence electrons. The topological polar surface area (TPSA) is 126 Å². The number of nitrogens with one attached hydrogen (secondary N) is 1. The second kappa shape index (κ2) is 8.25. The summed E-state index contributed by atoms with van der Waals surface area (Å²) in [4.78, 5) is 48.3. The first-order chi connectivity index (χ1) is 13.3. The molecule has 1 aliphatic heterocycles. The molecule has 0 bridgehead atoms. The average molecular weight is 496 g/mol. The molecule has 28 heavy (non-hydrogen) atoms. The Kier molecular flexibility index (Phi) is 5.78. The summed E-state index contributed by atoms with van der Waals surface area (Å²) in [5.41, 5.74) is 0.305. The van der Waals surface area contributed by atoms with E-state index in [9.17, 15) is 19.2 Å². The Morgan fingerprint density at radius 2 is 2.07 bits per heavy atom. The molecule has 0 unspecified atom stereocenters. The minimum atomic E-state index is -1.10. The van der Waals surface area contributed by atoms with Crippen LogP contribution in [0.15, 0.2) is 46.6 Å². The largest absolute Gasteiger partial charge is 0.481 e. The SMILES string of the molecule is O=C(O)COc1ccc(/C=C2\C(=O)NC(=O)N(Cc3ccco3)C2=O)cc1I. The number of halogens is 1. The van der Waals surface area contributed by atoms with Gasteiger partial charge in [-0.2, -0.15) is 0 Å². The number of aliphatic carboxylic acids is 1. The summed E-state index contributed by atoms with van der Waals surface area (Å²) in [6, 6.07) is 7.14. The summed E-state index contributed by atoms with van der Waals surface area (Å²) >= 11 is 1.95. The predicted octanol–water partition coefficient (Wildman–Crippen LogP) is 2.01. The molecule has 2 aromatic rings. The van der Waals surface area contributed by atoms with Gasteiger partial charge in [0, 0.05) is 0 Å². The van der Waals surface area contributed by atoms with Gasteiger partial charge in [0.25, 0.3) is 11.8 Å². The molecule has 1 saturated heterocycles. The quantitative estimate of drug-likeness (QED) is 0.356. The number of nitrogens with zero attached hydrogens (tertiary/aromatic N) is 1. The highest BCUT2D eigenvalue weighted by Gasteiger charge is 2.36. The molecule has 0 saturated carbocycles. The van der Waals surface area contributed by atoms with Crippen LogP contribution in [0, 0.1) is 3.57 Å². The highest BCUT2D eigenvalue weighted by atomic mass is 127. The number of ether oxygens (including phenoxy) is 1. The Morgan fingerprint density at radius 1 is 1.29 bits per heavy atom. The van der Waals surface area contributed by atoms with Crippen LogP contribution in [0.1, 0.15) is 11.3 Å². The molecule has 1 aromatic carbocycles. The van der Waals surface area contributed by atoms with E-state index in [1.165, 1.54) is 18.4 Å². The van der Waals surface area contributed by atoms with Gasteiger partial charge >= 0.3 is 12.0 Å². The van der Waals surface area contributed by atoms with Gasteiger partial charge in [-0.15, -0.1) is 0 Å². The molecule has 1 aromatic heterocycles. The number of imide groups is 2. The summed E-state index contributed by atoms with van der Waals surface area (Å²) < 4.78 is 10.9. The maximum atomic E-state index is 12.6. The average Bonchev–Trinajstić information content (AvgIpc) is 3.14. The molecular weight excluding hydrogens is 483 g/mol. The number of carbonyl (C=O) groups is 4. The smallest absolute Gasteiger partial charge is 0.341 e. The number of carboxylic acids is 1. The lowest BCUT2D eigenvalue weighted by Gasteiger charge is -2.25. The Morgan fingerprint density at radius 3 is 2.71 bits per heavy atom. The molecule has 9 nitrogen and oxygen atoms in total. The summed E-state index contributed by atoms with van der Waals surface area (Å²) in [7, 11) is 0. The van der Waals surface area contributed by atoms with Gasteiger partial charge in [0.05, 0.1) is 16.4 Å². The number of hydrogen-bond acceptors (Lipinski definition) is 6. The molecule has 1 aliphatic rings. The lowest BCUT2D eigenvalue weighted by Crippen LogP contribution is -2.53. The number of carbonyl (C=O) groups excluding carboxylic acids is 3. The zero-order valence-corrected chi connectivity index (χ0v) is 16.3. The minimum absolute atomic E-state index is 0.109. The van der Waals surface area contributed by atoms with Crippen molar-refractivity contribution in [3.05, 3.63) is 57.1 Å². The molecule has 3 rings (SSSR count).